The first-order valence-corrected chi connectivity index (χ1v) is 8.61. The molecule has 1 aliphatic rings. The van der Waals surface area contributed by atoms with Crippen molar-refractivity contribution in [3.8, 4) is 11.8 Å². The number of nitrogens with zero attached hydrogens (tertiary/aromatic N) is 1. The third-order valence-electron chi connectivity index (χ3n) is 4.49. The first kappa shape index (κ1) is 18.2. The molecule has 26 heavy (non-hydrogen) atoms. The summed E-state index contributed by atoms with van der Waals surface area (Å²) in [7, 11) is 0. The summed E-state index contributed by atoms with van der Waals surface area (Å²) in [5, 5.41) is 20.7. The lowest BCUT2D eigenvalue weighted by atomic mass is 9.89. The maximum absolute atomic E-state index is 12.7. The molecule has 1 fully saturated rings. The van der Waals surface area contributed by atoms with E-state index in [1.165, 1.54) is 0 Å². The van der Waals surface area contributed by atoms with Crippen molar-refractivity contribution in [1.82, 2.24) is 4.90 Å². The molecule has 1 atom stereocenters. The summed E-state index contributed by atoms with van der Waals surface area (Å²) in [4.78, 5) is 14.3. The summed E-state index contributed by atoms with van der Waals surface area (Å²) in [6.45, 7) is 5.78. The third kappa shape index (κ3) is 3.82. The van der Waals surface area contributed by atoms with Gasteiger partial charge in [0, 0.05) is 6.54 Å². The van der Waals surface area contributed by atoms with Crippen LogP contribution in [-0.2, 0) is 5.60 Å². The molecule has 1 amide bonds. The fourth-order valence-corrected chi connectivity index (χ4v) is 3.17. The van der Waals surface area contributed by atoms with E-state index in [0.29, 0.717) is 18.7 Å². The Labute approximate surface area is 153 Å². The van der Waals surface area contributed by atoms with Crippen LogP contribution in [0.15, 0.2) is 40.8 Å². The van der Waals surface area contributed by atoms with E-state index in [4.69, 9.17) is 4.42 Å². The molecule has 2 aromatic rings. The summed E-state index contributed by atoms with van der Waals surface area (Å²) in [6, 6.07) is 10.9. The lowest BCUT2D eigenvalue weighted by Crippen LogP contribution is -2.34. The van der Waals surface area contributed by atoms with Crippen LogP contribution < -0.4 is 0 Å². The van der Waals surface area contributed by atoms with Crippen molar-refractivity contribution in [2.24, 2.45) is 0 Å². The van der Waals surface area contributed by atoms with Crippen LogP contribution in [-0.4, -0.2) is 39.7 Å². The van der Waals surface area contributed by atoms with Gasteiger partial charge in [-0.2, -0.15) is 0 Å². The first-order chi connectivity index (χ1) is 12.2. The van der Waals surface area contributed by atoms with Crippen LogP contribution in [0, 0.1) is 18.8 Å². The van der Waals surface area contributed by atoms with E-state index < -0.39 is 11.2 Å². The Hall–Kier alpha value is -2.55. The lowest BCUT2D eigenvalue weighted by molar-refractivity contribution is 0.0403. The van der Waals surface area contributed by atoms with E-state index in [9.17, 15) is 15.0 Å². The molecule has 2 N–H and O–H groups in total. The molecule has 0 bridgehead atoms. The second kappa shape index (κ2) is 6.64. The van der Waals surface area contributed by atoms with Crippen LogP contribution in [0.5, 0.6) is 0 Å². The second-order valence-electron chi connectivity index (χ2n) is 7.30. The molecular formula is C21H23NO4. The number of rotatable bonds is 2. The smallest absolute Gasteiger partial charge is 0.289 e. The number of carbonyl (C=O) groups excluding carboxylic acids is 1. The van der Waals surface area contributed by atoms with E-state index in [0.717, 1.165) is 11.1 Å². The first-order valence-electron chi connectivity index (χ1n) is 8.61. The molecule has 0 radical (unpaired) electrons. The summed E-state index contributed by atoms with van der Waals surface area (Å²) < 4.78 is 5.49. The highest BCUT2D eigenvalue weighted by molar-refractivity contribution is 5.92. The van der Waals surface area contributed by atoms with E-state index in [1.807, 2.05) is 31.2 Å². The Morgan fingerprint density at radius 1 is 1.27 bits per heavy atom. The number of carbonyl (C=O) groups is 1. The average Bonchev–Trinajstić information content (AvgIpc) is 3.20. The van der Waals surface area contributed by atoms with Gasteiger partial charge in [-0.1, -0.05) is 30.2 Å². The molecule has 1 aromatic carbocycles. The molecule has 0 spiro atoms. The highest BCUT2D eigenvalue weighted by Crippen LogP contribution is 2.34. The Kier molecular flexibility index (Phi) is 4.66. The monoisotopic (exact) mass is 353 g/mol. The van der Waals surface area contributed by atoms with Gasteiger partial charge in [0.25, 0.3) is 5.91 Å². The normalized spacial score (nSPS) is 20.0. The maximum atomic E-state index is 12.7. The number of β-amino-alcohol motifs (C(OH)–C–C–N with tert-alkyl or cyclic N) is 1. The number of aryl methyl sites for hydroxylation is 1. The molecule has 5 nitrogen and oxygen atoms in total. The van der Waals surface area contributed by atoms with Gasteiger partial charge in [-0.15, -0.1) is 0 Å². The number of amides is 1. The lowest BCUT2D eigenvalue weighted by Gasteiger charge is -2.25. The molecule has 0 saturated carbocycles. The van der Waals surface area contributed by atoms with Crippen molar-refractivity contribution in [2.75, 3.05) is 13.1 Å². The zero-order chi connectivity index (χ0) is 18.9. The van der Waals surface area contributed by atoms with Crippen LogP contribution >= 0.6 is 0 Å². The highest BCUT2D eigenvalue weighted by atomic mass is 16.4. The second-order valence-corrected chi connectivity index (χ2v) is 7.30. The predicted octanol–water partition coefficient (Wildman–Crippen LogP) is 2.44. The van der Waals surface area contributed by atoms with Crippen molar-refractivity contribution in [2.45, 2.75) is 38.4 Å². The van der Waals surface area contributed by atoms with Crippen LogP contribution in [0.1, 0.15) is 47.7 Å². The van der Waals surface area contributed by atoms with Crippen molar-refractivity contribution in [1.29, 1.82) is 0 Å². The largest absolute Gasteiger partial charge is 0.443 e. The Balaban J connectivity index is 1.75. The minimum atomic E-state index is -1.13. The average molecular weight is 353 g/mol. The van der Waals surface area contributed by atoms with E-state index in [-0.39, 0.29) is 18.2 Å². The molecule has 5 heteroatoms. The molecule has 2 heterocycles. The van der Waals surface area contributed by atoms with Gasteiger partial charge in [0.05, 0.1) is 6.54 Å². The molecule has 1 saturated heterocycles. The molecule has 136 valence electrons. The van der Waals surface area contributed by atoms with Crippen LogP contribution in [0.4, 0.5) is 0 Å². The molecule has 3 rings (SSSR count). The van der Waals surface area contributed by atoms with Crippen molar-refractivity contribution in [3.05, 3.63) is 59.0 Å². The third-order valence-corrected chi connectivity index (χ3v) is 4.49. The summed E-state index contributed by atoms with van der Waals surface area (Å²) >= 11 is 0. The van der Waals surface area contributed by atoms with Gasteiger partial charge in [-0.25, -0.2) is 0 Å². The number of aliphatic hydroxyl groups is 2. The fraction of sp³-hybridized carbons (Fsp3) is 0.381. The molecule has 1 aromatic heterocycles. The van der Waals surface area contributed by atoms with Gasteiger partial charge in [-0.05, 0) is 56.4 Å². The maximum Gasteiger partial charge on any atom is 0.289 e. The van der Waals surface area contributed by atoms with Crippen LogP contribution in [0.25, 0.3) is 0 Å². The predicted molar refractivity (Wildman–Crippen MR) is 97.5 cm³/mol. The number of benzene rings is 1. The minimum Gasteiger partial charge on any atom is -0.443 e. The van der Waals surface area contributed by atoms with Crippen LogP contribution in [0.2, 0.25) is 0 Å². The van der Waals surface area contributed by atoms with E-state index in [2.05, 4.69) is 11.8 Å². The number of hydrogen-bond donors (Lipinski definition) is 2. The van der Waals surface area contributed by atoms with Crippen molar-refractivity contribution in [3.63, 3.8) is 0 Å². The quantitative estimate of drug-likeness (QED) is 0.814. The Bertz CT molecular complexity index is 881. The SMILES string of the molecule is Cc1ccccc1[C@]1(O)CCN(C(=O)c2ccc(C#CC(C)(C)O)o2)C1. The van der Waals surface area contributed by atoms with Gasteiger partial charge in [0.1, 0.15) is 11.2 Å². The Morgan fingerprint density at radius 2 is 2.00 bits per heavy atom. The number of likely N-dealkylation sites (tertiary alicyclic amines) is 1. The topological polar surface area (TPSA) is 73.9 Å². The standard InChI is InChI=1S/C21H23NO4/c1-15-6-4-5-7-17(15)21(25)12-13-22(14-21)19(23)18-9-8-16(26-18)10-11-20(2,3)24/h4-9,24-25H,12-14H2,1-3H3/t21-/m0/s1. The molecule has 1 aliphatic heterocycles. The van der Waals surface area contributed by atoms with Gasteiger partial charge < -0.3 is 19.5 Å². The van der Waals surface area contributed by atoms with E-state index in [1.54, 1.807) is 30.9 Å². The zero-order valence-corrected chi connectivity index (χ0v) is 15.2. The fourth-order valence-electron chi connectivity index (χ4n) is 3.17. The van der Waals surface area contributed by atoms with Gasteiger partial charge >= 0.3 is 0 Å². The van der Waals surface area contributed by atoms with Crippen molar-refractivity contribution >= 4 is 5.91 Å². The molecule has 0 aliphatic carbocycles. The van der Waals surface area contributed by atoms with Crippen LogP contribution in [0.3, 0.4) is 0 Å². The zero-order valence-electron chi connectivity index (χ0n) is 15.2. The van der Waals surface area contributed by atoms with Gasteiger partial charge in [-0.3, -0.25) is 4.79 Å². The summed E-state index contributed by atoms with van der Waals surface area (Å²) in [5.41, 5.74) is -0.314. The minimum absolute atomic E-state index is 0.180. The van der Waals surface area contributed by atoms with Gasteiger partial charge in [0.15, 0.2) is 11.5 Å². The molecule has 0 unspecified atom stereocenters. The number of hydrogen-bond acceptors (Lipinski definition) is 4. The summed E-state index contributed by atoms with van der Waals surface area (Å²) in [5.74, 6) is 5.59. The Morgan fingerprint density at radius 3 is 2.69 bits per heavy atom. The van der Waals surface area contributed by atoms with E-state index >= 15 is 0 Å². The summed E-state index contributed by atoms with van der Waals surface area (Å²) in [6.07, 6.45) is 0.482. The van der Waals surface area contributed by atoms with Crippen molar-refractivity contribution < 1.29 is 19.4 Å². The van der Waals surface area contributed by atoms with Gasteiger partial charge in [0.2, 0.25) is 0 Å². The highest BCUT2D eigenvalue weighted by Gasteiger charge is 2.41. The molecular weight excluding hydrogens is 330 g/mol. The number of furan rings is 1.